The fourth-order valence-electron chi connectivity index (χ4n) is 2.28. The van der Waals surface area contributed by atoms with Gasteiger partial charge in [-0.2, -0.15) is 0 Å². The fraction of sp³-hybridized carbons (Fsp3) is 0.385. The summed E-state index contributed by atoms with van der Waals surface area (Å²) in [5.41, 5.74) is -0.400. The van der Waals surface area contributed by atoms with Crippen molar-refractivity contribution < 1.29 is 28.6 Å². The molecule has 1 aliphatic heterocycles. The topological polar surface area (TPSA) is 77.8 Å². The number of likely N-dealkylation sites (tertiary alicyclic amines) is 1. The lowest BCUT2D eigenvalue weighted by atomic mass is 10.1. The third-order valence-corrected chi connectivity index (χ3v) is 3.27. The first-order valence-corrected chi connectivity index (χ1v) is 6.03. The van der Waals surface area contributed by atoms with Crippen LogP contribution in [-0.4, -0.2) is 45.7 Å². The zero-order chi connectivity index (χ0) is 14.9. The summed E-state index contributed by atoms with van der Waals surface area (Å²) in [5.74, 6) is -3.68. The number of β-amino-alcohol motifs (C(OH)–C–C–N with tert-alkyl or cyclic N) is 1. The largest absolute Gasteiger partial charge is 0.480 e. The number of hydrogen-bond acceptors (Lipinski definition) is 3. The number of carboxylic acid groups (broad SMARTS) is 1. The van der Waals surface area contributed by atoms with Crippen molar-refractivity contribution in [3.8, 4) is 0 Å². The van der Waals surface area contributed by atoms with Crippen LogP contribution in [0.5, 0.6) is 0 Å². The molecule has 1 fully saturated rings. The van der Waals surface area contributed by atoms with E-state index in [2.05, 4.69) is 0 Å². The second-order valence-corrected chi connectivity index (χ2v) is 4.67. The van der Waals surface area contributed by atoms with Crippen LogP contribution in [0.25, 0.3) is 0 Å². The Morgan fingerprint density at radius 3 is 2.45 bits per heavy atom. The molecule has 2 rings (SSSR count). The van der Waals surface area contributed by atoms with Crippen LogP contribution >= 0.6 is 0 Å². The molecule has 0 aromatic heterocycles. The van der Waals surface area contributed by atoms with Crippen LogP contribution in [0.15, 0.2) is 18.2 Å². The van der Waals surface area contributed by atoms with Crippen molar-refractivity contribution in [1.29, 1.82) is 0 Å². The van der Waals surface area contributed by atoms with Crippen molar-refractivity contribution in [1.82, 2.24) is 4.90 Å². The number of benzene rings is 1. The molecule has 0 bridgehead atoms. The van der Waals surface area contributed by atoms with Crippen molar-refractivity contribution in [2.45, 2.75) is 25.0 Å². The number of hydrogen-bond donors (Lipinski definition) is 2. The van der Waals surface area contributed by atoms with Gasteiger partial charge in [0, 0.05) is 18.5 Å². The standard InChI is InChI=1S/C13H13F2NO4/c14-9-2-1-3-10(15)8(9)5-12(18)16-6-7(17)4-11(16)13(19)20/h1-3,7,11,17H,4-6H2,(H,19,20)/t7-,11-/m1/s1. The van der Waals surface area contributed by atoms with Gasteiger partial charge in [-0.25, -0.2) is 13.6 Å². The minimum Gasteiger partial charge on any atom is -0.480 e. The zero-order valence-electron chi connectivity index (χ0n) is 10.4. The van der Waals surface area contributed by atoms with Gasteiger partial charge in [0.2, 0.25) is 5.91 Å². The maximum Gasteiger partial charge on any atom is 0.326 e. The normalized spacial score (nSPS) is 22.1. The quantitative estimate of drug-likeness (QED) is 0.850. The highest BCUT2D eigenvalue weighted by Crippen LogP contribution is 2.21. The molecule has 1 saturated heterocycles. The molecule has 1 amide bonds. The summed E-state index contributed by atoms with van der Waals surface area (Å²) in [6, 6.07) is 2.07. The summed E-state index contributed by atoms with van der Waals surface area (Å²) in [5, 5.41) is 18.4. The van der Waals surface area contributed by atoms with E-state index in [1.165, 1.54) is 6.07 Å². The van der Waals surface area contributed by atoms with E-state index in [4.69, 9.17) is 5.11 Å². The number of nitrogens with zero attached hydrogens (tertiary/aromatic N) is 1. The molecule has 1 aliphatic rings. The van der Waals surface area contributed by atoms with E-state index in [1.807, 2.05) is 0 Å². The van der Waals surface area contributed by atoms with E-state index >= 15 is 0 Å². The summed E-state index contributed by atoms with van der Waals surface area (Å²) in [6.45, 7) is -0.147. The molecular formula is C13H13F2NO4. The third-order valence-electron chi connectivity index (χ3n) is 3.27. The molecule has 1 heterocycles. The van der Waals surface area contributed by atoms with Crippen LogP contribution in [0.1, 0.15) is 12.0 Å². The van der Waals surface area contributed by atoms with Crippen molar-refractivity contribution in [2.24, 2.45) is 0 Å². The average Bonchev–Trinajstić information content (AvgIpc) is 2.76. The molecule has 20 heavy (non-hydrogen) atoms. The first-order chi connectivity index (χ1) is 9.40. The fourth-order valence-corrected chi connectivity index (χ4v) is 2.28. The second-order valence-electron chi connectivity index (χ2n) is 4.67. The first kappa shape index (κ1) is 14.4. The van der Waals surface area contributed by atoms with Crippen LogP contribution in [0.2, 0.25) is 0 Å². The second kappa shape index (κ2) is 5.54. The molecule has 0 spiro atoms. The highest BCUT2D eigenvalue weighted by Gasteiger charge is 2.39. The van der Waals surface area contributed by atoms with E-state index < -0.39 is 47.6 Å². The molecule has 2 N–H and O–H groups in total. The van der Waals surface area contributed by atoms with Crippen molar-refractivity contribution in [3.05, 3.63) is 35.4 Å². The van der Waals surface area contributed by atoms with Gasteiger partial charge in [-0.05, 0) is 12.1 Å². The Morgan fingerprint density at radius 1 is 1.30 bits per heavy atom. The number of aliphatic hydroxyl groups excluding tert-OH is 1. The lowest BCUT2D eigenvalue weighted by Gasteiger charge is -2.21. The van der Waals surface area contributed by atoms with Crippen LogP contribution in [-0.2, 0) is 16.0 Å². The monoisotopic (exact) mass is 285 g/mol. The minimum atomic E-state index is -1.25. The zero-order valence-corrected chi connectivity index (χ0v) is 10.4. The first-order valence-electron chi connectivity index (χ1n) is 6.03. The maximum absolute atomic E-state index is 13.5. The summed E-state index contributed by atoms with van der Waals surface area (Å²) >= 11 is 0. The molecular weight excluding hydrogens is 272 g/mol. The molecule has 0 saturated carbocycles. The number of aliphatic hydroxyl groups is 1. The van der Waals surface area contributed by atoms with Crippen LogP contribution in [0, 0.1) is 11.6 Å². The molecule has 1 aromatic rings. The van der Waals surface area contributed by atoms with Crippen LogP contribution in [0.4, 0.5) is 8.78 Å². The van der Waals surface area contributed by atoms with Gasteiger partial charge in [0.25, 0.3) is 0 Å². The predicted octanol–water partition coefficient (Wildman–Crippen LogP) is 0.554. The van der Waals surface area contributed by atoms with Crippen molar-refractivity contribution in [3.63, 3.8) is 0 Å². The van der Waals surface area contributed by atoms with E-state index in [-0.39, 0.29) is 13.0 Å². The molecule has 0 unspecified atom stereocenters. The van der Waals surface area contributed by atoms with Crippen LogP contribution in [0.3, 0.4) is 0 Å². The molecule has 7 heteroatoms. The van der Waals surface area contributed by atoms with E-state index in [0.717, 1.165) is 17.0 Å². The van der Waals surface area contributed by atoms with Crippen molar-refractivity contribution in [2.75, 3.05) is 6.54 Å². The lowest BCUT2D eigenvalue weighted by molar-refractivity contribution is -0.148. The number of amides is 1. The number of aliphatic carboxylic acids is 1. The number of carbonyl (C=O) groups is 2. The van der Waals surface area contributed by atoms with Gasteiger partial charge in [-0.15, -0.1) is 0 Å². The Labute approximate surface area is 113 Å². The summed E-state index contributed by atoms with van der Waals surface area (Å²) < 4.78 is 26.9. The Balaban J connectivity index is 2.18. The van der Waals surface area contributed by atoms with Gasteiger partial charge in [0.15, 0.2) is 0 Å². The molecule has 108 valence electrons. The average molecular weight is 285 g/mol. The Morgan fingerprint density at radius 2 is 1.90 bits per heavy atom. The Bertz CT molecular complexity index is 529. The van der Waals surface area contributed by atoms with Crippen LogP contribution < -0.4 is 0 Å². The highest BCUT2D eigenvalue weighted by atomic mass is 19.1. The summed E-state index contributed by atoms with van der Waals surface area (Å²) in [7, 11) is 0. The minimum absolute atomic E-state index is 0.0825. The molecule has 0 radical (unpaired) electrons. The molecule has 0 aliphatic carbocycles. The van der Waals surface area contributed by atoms with Gasteiger partial charge in [0.1, 0.15) is 17.7 Å². The Hall–Kier alpha value is -2.02. The molecule has 2 atom stereocenters. The van der Waals surface area contributed by atoms with E-state index in [0.29, 0.717) is 0 Å². The summed E-state index contributed by atoms with van der Waals surface area (Å²) in [4.78, 5) is 23.9. The molecule has 5 nitrogen and oxygen atoms in total. The SMILES string of the molecule is O=C(O)[C@H]1C[C@@H](O)CN1C(=O)Cc1c(F)cccc1F. The highest BCUT2D eigenvalue weighted by molar-refractivity contribution is 5.85. The van der Waals surface area contributed by atoms with Gasteiger partial charge in [-0.3, -0.25) is 4.79 Å². The number of carboxylic acids is 1. The number of carbonyl (C=O) groups excluding carboxylic acids is 1. The van der Waals surface area contributed by atoms with Gasteiger partial charge in [0.05, 0.1) is 12.5 Å². The third kappa shape index (κ3) is 2.77. The van der Waals surface area contributed by atoms with Gasteiger partial charge in [-0.1, -0.05) is 6.07 Å². The van der Waals surface area contributed by atoms with E-state index in [9.17, 15) is 23.5 Å². The molecule has 1 aromatic carbocycles. The Kier molecular flexibility index (Phi) is 3.99. The summed E-state index contributed by atoms with van der Waals surface area (Å²) in [6.07, 6.45) is -1.60. The van der Waals surface area contributed by atoms with E-state index in [1.54, 1.807) is 0 Å². The number of rotatable bonds is 3. The lowest BCUT2D eigenvalue weighted by Crippen LogP contribution is -2.41. The maximum atomic E-state index is 13.5. The van der Waals surface area contributed by atoms with Gasteiger partial charge >= 0.3 is 5.97 Å². The van der Waals surface area contributed by atoms with Gasteiger partial charge < -0.3 is 15.1 Å². The smallest absolute Gasteiger partial charge is 0.326 e. The van der Waals surface area contributed by atoms with Crippen molar-refractivity contribution >= 4 is 11.9 Å². The predicted molar refractivity (Wildman–Crippen MR) is 63.8 cm³/mol. The number of halogens is 2.